The monoisotopic (exact) mass is 269 g/mol. The smallest absolute Gasteiger partial charge is 0.271 e. The number of aromatic nitrogens is 1. The van der Waals surface area contributed by atoms with Crippen molar-refractivity contribution in [2.24, 2.45) is 0 Å². The SMILES string of the molecule is CC(NC(=O)c1cscn1)C(=O)N1CCOCC1. The number of amides is 2. The topological polar surface area (TPSA) is 71.5 Å². The molecule has 1 N–H and O–H groups in total. The molecule has 0 aliphatic carbocycles. The minimum Gasteiger partial charge on any atom is -0.378 e. The molecule has 1 unspecified atom stereocenters. The van der Waals surface area contributed by atoms with Crippen LogP contribution in [0.5, 0.6) is 0 Å². The fourth-order valence-corrected chi connectivity index (χ4v) is 2.25. The molecule has 1 atom stereocenters. The molecule has 1 aliphatic rings. The van der Waals surface area contributed by atoms with Gasteiger partial charge in [0.1, 0.15) is 11.7 Å². The van der Waals surface area contributed by atoms with Crippen molar-refractivity contribution in [2.75, 3.05) is 26.3 Å². The van der Waals surface area contributed by atoms with Crippen LogP contribution in [0.4, 0.5) is 0 Å². The summed E-state index contributed by atoms with van der Waals surface area (Å²) in [6.07, 6.45) is 0. The second-order valence-corrected chi connectivity index (χ2v) is 4.73. The van der Waals surface area contributed by atoms with E-state index in [2.05, 4.69) is 10.3 Å². The Bertz CT molecular complexity index is 415. The second-order valence-electron chi connectivity index (χ2n) is 4.01. The van der Waals surface area contributed by atoms with E-state index in [4.69, 9.17) is 4.74 Å². The Morgan fingerprint density at radius 3 is 2.83 bits per heavy atom. The maximum atomic E-state index is 12.0. The molecule has 1 fully saturated rings. The molecule has 6 nitrogen and oxygen atoms in total. The Hall–Kier alpha value is -1.47. The van der Waals surface area contributed by atoms with Gasteiger partial charge in [-0.15, -0.1) is 11.3 Å². The number of hydrogen-bond donors (Lipinski definition) is 1. The van der Waals surface area contributed by atoms with Crippen molar-refractivity contribution in [3.8, 4) is 0 Å². The molecule has 1 saturated heterocycles. The lowest BCUT2D eigenvalue weighted by Crippen LogP contribution is -2.50. The third-order valence-electron chi connectivity index (χ3n) is 2.71. The van der Waals surface area contributed by atoms with E-state index < -0.39 is 6.04 Å². The van der Waals surface area contributed by atoms with Crippen LogP contribution in [0.2, 0.25) is 0 Å². The third kappa shape index (κ3) is 3.05. The normalized spacial score (nSPS) is 17.3. The minimum atomic E-state index is -0.544. The Morgan fingerprint density at radius 1 is 1.50 bits per heavy atom. The zero-order valence-corrected chi connectivity index (χ0v) is 10.9. The maximum absolute atomic E-state index is 12.0. The highest BCUT2D eigenvalue weighted by molar-refractivity contribution is 7.07. The summed E-state index contributed by atoms with van der Waals surface area (Å²) >= 11 is 1.35. The molecule has 2 amide bonds. The average molecular weight is 269 g/mol. The van der Waals surface area contributed by atoms with Gasteiger partial charge in [-0.25, -0.2) is 4.98 Å². The van der Waals surface area contributed by atoms with Gasteiger partial charge in [0.15, 0.2) is 0 Å². The molecule has 18 heavy (non-hydrogen) atoms. The number of carbonyl (C=O) groups excluding carboxylic acids is 2. The first-order valence-electron chi connectivity index (χ1n) is 5.74. The van der Waals surface area contributed by atoms with Crippen molar-refractivity contribution in [2.45, 2.75) is 13.0 Å². The van der Waals surface area contributed by atoms with Crippen molar-refractivity contribution in [1.82, 2.24) is 15.2 Å². The van der Waals surface area contributed by atoms with Crippen molar-refractivity contribution >= 4 is 23.2 Å². The fourth-order valence-electron chi connectivity index (χ4n) is 1.71. The van der Waals surface area contributed by atoms with Gasteiger partial charge in [-0.3, -0.25) is 9.59 Å². The quantitative estimate of drug-likeness (QED) is 0.846. The minimum absolute atomic E-state index is 0.0816. The molecule has 1 aliphatic heterocycles. The molecule has 0 saturated carbocycles. The van der Waals surface area contributed by atoms with Crippen LogP contribution in [0.25, 0.3) is 0 Å². The number of thiazole rings is 1. The van der Waals surface area contributed by atoms with Crippen LogP contribution >= 0.6 is 11.3 Å². The molecular weight excluding hydrogens is 254 g/mol. The Balaban J connectivity index is 1.88. The van der Waals surface area contributed by atoms with Crippen LogP contribution in [-0.4, -0.2) is 54.0 Å². The van der Waals surface area contributed by atoms with Gasteiger partial charge in [-0.1, -0.05) is 0 Å². The number of ether oxygens (including phenoxy) is 1. The highest BCUT2D eigenvalue weighted by Gasteiger charge is 2.24. The van der Waals surface area contributed by atoms with E-state index in [9.17, 15) is 9.59 Å². The van der Waals surface area contributed by atoms with Crippen LogP contribution < -0.4 is 5.32 Å². The van der Waals surface area contributed by atoms with Crippen LogP contribution in [0.3, 0.4) is 0 Å². The first-order valence-corrected chi connectivity index (χ1v) is 6.68. The zero-order chi connectivity index (χ0) is 13.0. The molecular formula is C11H15N3O3S. The largest absolute Gasteiger partial charge is 0.378 e. The maximum Gasteiger partial charge on any atom is 0.271 e. The number of morpholine rings is 1. The van der Waals surface area contributed by atoms with Crippen LogP contribution in [0.15, 0.2) is 10.9 Å². The van der Waals surface area contributed by atoms with Gasteiger partial charge in [-0.2, -0.15) is 0 Å². The Morgan fingerprint density at radius 2 is 2.22 bits per heavy atom. The van der Waals surface area contributed by atoms with Crippen molar-refractivity contribution < 1.29 is 14.3 Å². The molecule has 2 heterocycles. The van der Waals surface area contributed by atoms with E-state index in [0.29, 0.717) is 32.0 Å². The van der Waals surface area contributed by atoms with Crippen LogP contribution in [-0.2, 0) is 9.53 Å². The van der Waals surface area contributed by atoms with Gasteiger partial charge in [-0.05, 0) is 6.92 Å². The summed E-state index contributed by atoms with van der Waals surface area (Å²) in [5, 5.41) is 4.31. The predicted molar refractivity (Wildman–Crippen MR) is 66.4 cm³/mol. The van der Waals surface area contributed by atoms with E-state index in [0.717, 1.165) is 0 Å². The van der Waals surface area contributed by atoms with Crippen LogP contribution in [0, 0.1) is 0 Å². The van der Waals surface area contributed by atoms with Gasteiger partial charge in [0.2, 0.25) is 5.91 Å². The number of nitrogens with one attached hydrogen (secondary N) is 1. The number of rotatable bonds is 3. The summed E-state index contributed by atoms with van der Waals surface area (Å²) in [6, 6.07) is -0.544. The van der Waals surface area contributed by atoms with Crippen molar-refractivity contribution in [3.05, 3.63) is 16.6 Å². The van der Waals surface area contributed by atoms with E-state index in [1.54, 1.807) is 22.7 Å². The first kappa shape index (κ1) is 13.0. The highest BCUT2D eigenvalue weighted by atomic mass is 32.1. The molecule has 98 valence electrons. The van der Waals surface area contributed by atoms with E-state index in [1.165, 1.54) is 11.3 Å². The standard InChI is InChI=1S/C11H15N3O3S/c1-8(11(16)14-2-4-17-5-3-14)13-10(15)9-6-18-7-12-9/h6-8H,2-5H2,1H3,(H,13,15). The second kappa shape index (κ2) is 5.92. The summed E-state index contributed by atoms with van der Waals surface area (Å²) in [6.45, 7) is 3.95. The third-order valence-corrected chi connectivity index (χ3v) is 3.29. The van der Waals surface area contributed by atoms with Gasteiger partial charge in [0, 0.05) is 18.5 Å². The fraction of sp³-hybridized carbons (Fsp3) is 0.545. The van der Waals surface area contributed by atoms with Gasteiger partial charge < -0.3 is 15.0 Å². The van der Waals surface area contributed by atoms with Gasteiger partial charge in [0.05, 0.1) is 18.7 Å². The summed E-state index contributed by atoms with van der Waals surface area (Å²) in [5.41, 5.74) is 1.94. The molecule has 0 bridgehead atoms. The average Bonchev–Trinajstić information content (AvgIpc) is 2.92. The summed E-state index contributed by atoms with van der Waals surface area (Å²) in [4.78, 5) is 29.4. The molecule has 1 aromatic rings. The van der Waals surface area contributed by atoms with Gasteiger partial charge in [0.25, 0.3) is 5.91 Å². The Labute approximate surface area is 109 Å². The van der Waals surface area contributed by atoms with Crippen LogP contribution in [0.1, 0.15) is 17.4 Å². The lowest BCUT2D eigenvalue weighted by molar-refractivity contribution is -0.136. The molecule has 0 spiro atoms. The highest BCUT2D eigenvalue weighted by Crippen LogP contribution is 2.03. The number of nitrogens with zero attached hydrogens (tertiary/aromatic N) is 2. The lowest BCUT2D eigenvalue weighted by Gasteiger charge is -2.29. The van der Waals surface area contributed by atoms with E-state index in [1.807, 2.05) is 0 Å². The molecule has 0 radical (unpaired) electrons. The predicted octanol–water partition coefficient (Wildman–Crippen LogP) is 0.120. The lowest BCUT2D eigenvalue weighted by atomic mass is 10.2. The van der Waals surface area contributed by atoms with E-state index in [-0.39, 0.29) is 11.8 Å². The van der Waals surface area contributed by atoms with Gasteiger partial charge >= 0.3 is 0 Å². The van der Waals surface area contributed by atoms with Crippen molar-refractivity contribution in [1.29, 1.82) is 0 Å². The molecule has 7 heteroatoms. The molecule has 1 aromatic heterocycles. The number of hydrogen-bond acceptors (Lipinski definition) is 5. The first-order chi connectivity index (χ1) is 8.68. The van der Waals surface area contributed by atoms with Crippen molar-refractivity contribution in [3.63, 3.8) is 0 Å². The number of carbonyl (C=O) groups is 2. The molecule has 0 aromatic carbocycles. The van der Waals surface area contributed by atoms with E-state index >= 15 is 0 Å². The summed E-state index contributed by atoms with van der Waals surface area (Å²) in [5.74, 6) is -0.396. The molecule has 2 rings (SSSR count). The zero-order valence-electron chi connectivity index (χ0n) is 10.1. The summed E-state index contributed by atoms with van der Waals surface area (Å²) in [7, 11) is 0. The summed E-state index contributed by atoms with van der Waals surface area (Å²) < 4.78 is 5.18. The Kier molecular flexibility index (Phi) is 4.27.